The van der Waals surface area contributed by atoms with Gasteiger partial charge in [0.25, 0.3) is 0 Å². The average Bonchev–Trinajstić information content (AvgIpc) is 2.69. The lowest BCUT2D eigenvalue weighted by atomic mass is 10.1. The molecule has 0 spiro atoms. The fourth-order valence-corrected chi connectivity index (χ4v) is 2.29. The van der Waals surface area contributed by atoms with E-state index in [1.54, 1.807) is 0 Å². The van der Waals surface area contributed by atoms with Crippen LogP contribution in [0.25, 0.3) is 0 Å². The van der Waals surface area contributed by atoms with Crippen LogP contribution in [0.15, 0.2) is 18.2 Å². The number of alkyl halides is 1. The minimum Gasteiger partial charge on any atom is -0.387 e. The summed E-state index contributed by atoms with van der Waals surface area (Å²) in [5.41, 5.74) is 3.57. The van der Waals surface area contributed by atoms with Gasteiger partial charge in [0, 0.05) is 18.8 Å². The molecule has 0 aliphatic carbocycles. The number of halogens is 1. The monoisotopic (exact) mass is 225 g/mol. The molecule has 82 valence electrons. The minimum atomic E-state index is -0.535. The molecule has 2 rings (SSSR count). The van der Waals surface area contributed by atoms with E-state index in [1.807, 2.05) is 6.07 Å². The van der Waals surface area contributed by atoms with Gasteiger partial charge in [-0.15, -0.1) is 11.6 Å². The second kappa shape index (κ2) is 4.42. The maximum absolute atomic E-state index is 9.64. The molecule has 0 fully saturated rings. The van der Waals surface area contributed by atoms with E-state index in [4.69, 9.17) is 11.6 Å². The van der Waals surface area contributed by atoms with Crippen molar-refractivity contribution in [3.05, 3.63) is 29.3 Å². The van der Waals surface area contributed by atoms with Gasteiger partial charge in [-0.2, -0.15) is 0 Å². The summed E-state index contributed by atoms with van der Waals surface area (Å²) in [6.07, 6.45) is 0.541. The summed E-state index contributed by atoms with van der Waals surface area (Å²) >= 11 is 5.63. The normalized spacial score (nSPS) is 16.6. The third-order valence-corrected chi connectivity index (χ3v) is 3.30. The van der Waals surface area contributed by atoms with Crippen LogP contribution in [0.4, 0.5) is 5.69 Å². The van der Waals surface area contributed by atoms with Crippen LogP contribution in [0.2, 0.25) is 0 Å². The molecular formula is C12H16ClNO. The van der Waals surface area contributed by atoms with Gasteiger partial charge in [-0.05, 0) is 30.5 Å². The number of anilines is 1. The first kappa shape index (κ1) is 10.8. The molecule has 1 heterocycles. The number of aliphatic hydroxyl groups is 1. The van der Waals surface area contributed by atoms with Crippen molar-refractivity contribution in [3.8, 4) is 0 Å². The second-order valence-corrected chi connectivity index (χ2v) is 4.20. The Morgan fingerprint density at radius 2 is 2.33 bits per heavy atom. The average molecular weight is 226 g/mol. The van der Waals surface area contributed by atoms with Crippen molar-refractivity contribution in [2.45, 2.75) is 19.4 Å². The van der Waals surface area contributed by atoms with Crippen molar-refractivity contribution in [1.29, 1.82) is 0 Å². The Balaban J connectivity index is 2.29. The Kier molecular flexibility index (Phi) is 3.17. The molecule has 1 aromatic carbocycles. The predicted octanol–water partition coefficient (Wildman–Crippen LogP) is 2.34. The molecule has 1 atom stereocenters. The molecule has 1 N–H and O–H groups in total. The number of hydrogen-bond acceptors (Lipinski definition) is 2. The molecule has 0 bridgehead atoms. The zero-order chi connectivity index (χ0) is 10.8. The van der Waals surface area contributed by atoms with Crippen LogP contribution in [0.3, 0.4) is 0 Å². The highest BCUT2D eigenvalue weighted by Gasteiger charge is 2.18. The number of rotatable bonds is 3. The largest absolute Gasteiger partial charge is 0.387 e. The summed E-state index contributed by atoms with van der Waals surface area (Å²) in [6, 6.07) is 6.15. The highest BCUT2D eigenvalue weighted by Crippen LogP contribution is 2.30. The highest BCUT2D eigenvalue weighted by molar-refractivity contribution is 6.18. The fourth-order valence-electron chi connectivity index (χ4n) is 2.11. The van der Waals surface area contributed by atoms with Crippen LogP contribution >= 0.6 is 11.6 Å². The van der Waals surface area contributed by atoms with Crippen LogP contribution in [-0.2, 0) is 6.42 Å². The Bertz CT molecular complexity index is 353. The fraction of sp³-hybridized carbons (Fsp3) is 0.500. The van der Waals surface area contributed by atoms with E-state index in [0.717, 1.165) is 25.1 Å². The minimum absolute atomic E-state index is 0.260. The van der Waals surface area contributed by atoms with Gasteiger partial charge in [-0.1, -0.05) is 12.1 Å². The van der Waals surface area contributed by atoms with Crippen molar-refractivity contribution in [1.82, 2.24) is 0 Å². The summed E-state index contributed by atoms with van der Waals surface area (Å²) < 4.78 is 0. The number of aliphatic hydroxyl groups excluding tert-OH is 1. The number of likely N-dealkylation sites (N-methyl/N-ethyl adjacent to an activating group) is 1. The zero-order valence-corrected chi connectivity index (χ0v) is 9.67. The van der Waals surface area contributed by atoms with Gasteiger partial charge >= 0.3 is 0 Å². The van der Waals surface area contributed by atoms with Gasteiger partial charge in [0.2, 0.25) is 0 Å². The third-order valence-electron chi connectivity index (χ3n) is 3.01. The van der Waals surface area contributed by atoms with Crippen molar-refractivity contribution in [2.24, 2.45) is 0 Å². The molecule has 0 amide bonds. The molecule has 1 unspecified atom stereocenters. The van der Waals surface area contributed by atoms with Gasteiger partial charge in [-0.3, -0.25) is 0 Å². The van der Waals surface area contributed by atoms with E-state index in [9.17, 15) is 5.11 Å². The lowest BCUT2D eigenvalue weighted by Crippen LogP contribution is -2.19. The second-order valence-electron chi connectivity index (χ2n) is 3.89. The van der Waals surface area contributed by atoms with Crippen molar-refractivity contribution in [2.75, 3.05) is 23.9 Å². The Morgan fingerprint density at radius 3 is 3.00 bits per heavy atom. The Hall–Kier alpha value is -0.730. The number of hydrogen-bond donors (Lipinski definition) is 1. The molecule has 0 aromatic heterocycles. The maximum Gasteiger partial charge on any atom is 0.0925 e. The summed E-state index contributed by atoms with van der Waals surface area (Å²) in [4.78, 5) is 2.35. The highest BCUT2D eigenvalue weighted by atomic mass is 35.5. The SMILES string of the molecule is CCN1CCc2cc(C(O)CCl)ccc21. The standard InChI is InChI=1S/C12H16ClNO/c1-2-14-6-5-9-7-10(12(15)8-13)3-4-11(9)14/h3-4,7,12,15H,2,5-6,8H2,1H3. The molecule has 0 saturated heterocycles. The lowest BCUT2D eigenvalue weighted by molar-refractivity contribution is 0.202. The Morgan fingerprint density at radius 1 is 1.53 bits per heavy atom. The van der Waals surface area contributed by atoms with E-state index in [-0.39, 0.29) is 5.88 Å². The quantitative estimate of drug-likeness (QED) is 0.799. The molecule has 1 aliphatic rings. The van der Waals surface area contributed by atoms with E-state index in [2.05, 4.69) is 24.0 Å². The van der Waals surface area contributed by atoms with Crippen molar-refractivity contribution >= 4 is 17.3 Å². The first-order chi connectivity index (χ1) is 7.26. The van der Waals surface area contributed by atoms with Crippen LogP contribution in [-0.4, -0.2) is 24.1 Å². The van der Waals surface area contributed by atoms with Gasteiger partial charge in [0.1, 0.15) is 0 Å². The molecule has 0 radical (unpaired) electrons. The topological polar surface area (TPSA) is 23.5 Å². The van der Waals surface area contributed by atoms with Crippen molar-refractivity contribution < 1.29 is 5.11 Å². The first-order valence-electron chi connectivity index (χ1n) is 5.38. The first-order valence-corrected chi connectivity index (χ1v) is 5.91. The number of fused-ring (bicyclic) bond motifs is 1. The van der Waals surface area contributed by atoms with Gasteiger partial charge in [0.15, 0.2) is 0 Å². The summed E-state index contributed by atoms with van der Waals surface area (Å²) in [6.45, 7) is 4.30. The molecule has 1 aliphatic heterocycles. The zero-order valence-electron chi connectivity index (χ0n) is 8.91. The van der Waals surface area contributed by atoms with E-state index >= 15 is 0 Å². The van der Waals surface area contributed by atoms with Crippen LogP contribution in [0, 0.1) is 0 Å². The van der Waals surface area contributed by atoms with Gasteiger partial charge in [-0.25, -0.2) is 0 Å². The van der Waals surface area contributed by atoms with Crippen LogP contribution in [0.1, 0.15) is 24.2 Å². The Labute approximate surface area is 95.5 Å². The maximum atomic E-state index is 9.64. The molecule has 1 aromatic rings. The molecule has 0 saturated carbocycles. The molecule has 2 nitrogen and oxygen atoms in total. The summed E-state index contributed by atoms with van der Waals surface area (Å²) in [5, 5.41) is 9.64. The smallest absolute Gasteiger partial charge is 0.0925 e. The summed E-state index contributed by atoms with van der Waals surface area (Å²) in [5.74, 6) is 0.260. The number of nitrogens with zero attached hydrogens (tertiary/aromatic N) is 1. The number of benzene rings is 1. The molecule has 15 heavy (non-hydrogen) atoms. The molecular weight excluding hydrogens is 210 g/mol. The third kappa shape index (κ3) is 1.97. The predicted molar refractivity (Wildman–Crippen MR) is 63.7 cm³/mol. The lowest BCUT2D eigenvalue weighted by Gasteiger charge is -2.17. The van der Waals surface area contributed by atoms with Gasteiger partial charge in [0.05, 0.1) is 12.0 Å². The van der Waals surface area contributed by atoms with E-state index in [0.29, 0.717) is 0 Å². The van der Waals surface area contributed by atoms with E-state index < -0.39 is 6.10 Å². The summed E-state index contributed by atoms with van der Waals surface area (Å²) in [7, 11) is 0. The van der Waals surface area contributed by atoms with Crippen LogP contribution in [0.5, 0.6) is 0 Å². The van der Waals surface area contributed by atoms with Crippen molar-refractivity contribution in [3.63, 3.8) is 0 Å². The van der Waals surface area contributed by atoms with Crippen LogP contribution < -0.4 is 4.90 Å². The van der Waals surface area contributed by atoms with Gasteiger partial charge < -0.3 is 10.0 Å². The van der Waals surface area contributed by atoms with E-state index in [1.165, 1.54) is 11.3 Å². The molecule has 3 heteroatoms.